The minimum absolute atomic E-state index is 0.904. The maximum Gasteiger partial charge on any atom is 0.0708 e. The summed E-state index contributed by atoms with van der Waals surface area (Å²) in [5.41, 5.74) is 3.51. The Balaban J connectivity index is 2.04. The average molecular weight is 257 g/mol. The monoisotopic (exact) mass is 257 g/mol. The molecule has 0 unspecified atom stereocenters. The Morgan fingerprint density at radius 3 is 2.84 bits per heavy atom. The molecule has 0 amide bonds. The van der Waals surface area contributed by atoms with Crippen LogP contribution in [0.25, 0.3) is 10.9 Å². The van der Waals surface area contributed by atoms with Crippen LogP contribution in [0.4, 0.5) is 0 Å². The van der Waals surface area contributed by atoms with Crippen LogP contribution in [-0.4, -0.2) is 36.6 Å². The molecule has 102 valence electrons. The van der Waals surface area contributed by atoms with Crippen LogP contribution in [-0.2, 0) is 6.54 Å². The molecule has 1 N–H and O–H groups in total. The van der Waals surface area contributed by atoms with Gasteiger partial charge in [-0.25, -0.2) is 0 Å². The predicted molar refractivity (Wildman–Crippen MR) is 81.4 cm³/mol. The highest BCUT2D eigenvalue weighted by Gasteiger charge is 2.03. The van der Waals surface area contributed by atoms with Gasteiger partial charge in [-0.1, -0.05) is 25.1 Å². The van der Waals surface area contributed by atoms with Crippen LogP contribution in [0.1, 0.15) is 18.2 Å². The van der Waals surface area contributed by atoms with Gasteiger partial charge in [0.1, 0.15) is 0 Å². The summed E-state index contributed by atoms with van der Waals surface area (Å²) in [5.74, 6) is 0. The minimum Gasteiger partial charge on any atom is -0.311 e. The fraction of sp³-hybridized carbons (Fsp3) is 0.438. The van der Waals surface area contributed by atoms with Crippen LogP contribution >= 0.6 is 0 Å². The van der Waals surface area contributed by atoms with E-state index in [4.69, 9.17) is 0 Å². The summed E-state index contributed by atoms with van der Waals surface area (Å²) < 4.78 is 0. The molecule has 19 heavy (non-hydrogen) atoms. The third kappa shape index (κ3) is 3.75. The van der Waals surface area contributed by atoms with Gasteiger partial charge in [0.2, 0.25) is 0 Å². The van der Waals surface area contributed by atoms with E-state index in [2.05, 4.69) is 60.4 Å². The minimum atomic E-state index is 0.904. The van der Waals surface area contributed by atoms with Gasteiger partial charge in [0.25, 0.3) is 0 Å². The fourth-order valence-electron chi connectivity index (χ4n) is 2.19. The van der Waals surface area contributed by atoms with Crippen molar-refractivity contribution in [3.8, 4) is 0 Å². The van der Waals surface area contributed by atoms with Crippen LogP contribution in [0, 0.1) is 6.92 Å². The Kier molecular flexibility index (Phi) is 4.88. The number of pyridine rings is 1. The van der Waals surface area contributed by atoms with Crippen molar-refractivity contribution in [1.82, 2.24) is 15.2 Å². The highest BCUT2D eigenvalue weighted by molar-refractivity contribution is 5.82. The molecule has 0 aliphatic heterocycles. The highest BCUT2D eigenvalue weighted by atomic mass is 15.1. The largest absolute Gasteiger partial charge is 0.311 e. The zero-order valence-electron chi connectivity index (χ0n) is 12.1. The van der Waals surface area contributed by atoms with Crippen LogP contribution in [0.5, 0.6) is 0 Å². The third-order valence-electron chi connectivity index (χ3n) is 3.46. The lowest BCUT2D eigenvalue weighted by molar-refractivity contribution is 0.349. The normalized spacial score (nSPS) is 11.4. The first-order chi connectivity index (χ1) is 9.20. The number of hydrogen-bond donors (Lipinski definition) is 1. The van der Waals surface area contributed by atoms with E-state index in [-0.39, 0.29) is 0 Å². The van der Waals surface area contributed by atoms with Crippen LogP contribution in [0.3, 0.4) is 0 Å². The number of nitrogens with one attached hydrogen (secondary N) is 1. The fourth-order valence-corrected chi connectivity index (χ4v) is 2.19. The molecule has 0 saturated carbocycles. The molecule has 3 nitrogen and oxygen atoms in total. The molecule has 0 spiro atoms. The Bertz CT molecular complexity index is 537. The van der Waals surface area contributed by atoms with E-state index in [1.165, 1.54) is 10.9 Å². The lowest BCUT2D eigenvalue weighted by atomic mass is 10.1. The number of nitrogens with zero attached hydrogens (tertiary/aromatic N) is 2. The number of likely N-dealkylation sites (N-methyl/N-ethyl adjacent to an activating group) is 1. The zero-order chi connectivity index (χ0) is 13.7. The second-order valence-electron chi connectivity index (χ2n) is 5.01. The molecule has 2 aromatic rings. The topological polar surface area (TPSA) is 28.2 Å². The number of aryl methyl sites for hydroxylation is 1. The predicted octanol–water partition coefficient (Wildman–Crippen LogP) is 2.58. The second kappa shape index (κ2) is 6.64. The van der Waals surface area contributed by atoms with Gasteiger partial charge in [0, 0.05) is 30.7 Å². The molecule has 0 aliphatic rings. The highest BCUT2D eigenvalue weighted by Crippen LogP contribution is 2.17. The van der Waals surface area contributed by atoms with E-state index in [1.54, 1.807) is 0 Å². The summed E-state index contributed by atoms with van der Waals surface area (Å²) in [6.45, 7) is 8.33. The maximum atomic E-state index is 4.57. The Morgan fingerprint density at radius 1 is 1.26 bits per heavy atom. The first kappa shape index (κ1) is 14.0. The standard InChI is InChI=1S/C16H23N3/c1-4-19(3)10-9-17-12-14-11-13(2)18-16-8-6-5-7-15(14)16/h5-8,11,17H,4,9-10,12H2,1-3H3. The van der Waals surface area contributed by atoms with Gasteiger partial charge in [-0.2, -0.15) is 0 Å². The Labute approximate surface area is 115 Å². The first-order valence-electron chi connectivity index (χ1n) is 6.95. The number of hydrogen-bond acceptors (Lipinski definition) is 3. The van der Waals surface area contributed by atoms with E-state index in [0.29, 0.717) is 0 Å². The second-order valence-corrected chi connectivity index (χ2v) is 5.01. The van der Waals surface area contributed by atoms with Crippen molar-refractivity contribution >= 4 is 10.9 Å². The summed E-state index contributed by atoms with van der Waals surface area (Å²) in [7, 11) is 2.15. The number of rotatable bonds is 6. The molecule has 0 fully saturated rings. The number of fused-ring (bicyclic) bond motifs is 1. The number of benzene rings is 1. The number of para-hydroxylation sites is 1. The van der Waals surface area contributed by atoms with Crippen molar-refractivity contribution < 1.29 is 0 Å². The first-order valence-corrected chi connectivity index (χ1v) is 6.95. The molecule has 0 atom stereocenters. The molecule has 2 rings (SSSR count). The van der Waals surface area contributed by atoms with E-state index in [0.717, 1.165) is 37.4 Å². The summed E-state index contributed by atoms with van der Waals surface area (Å²) in [6, 6.07) is 10.5. The van der Waals surface area contributed by atoms with Crippen LogP contribution in [0.15, 0.2) is 30.3 Å². The van der Waals surface area contributed by atoms with Crippen molar-refractivity contribution in [1.29, 1.82) is 0 Å². The molecule has 0 saturated heterocycles. The van der Waals surface area contributed by atoms with Crippen molar-refractivity contribution in [3.63, 3.8) is 0 Å². The van der Waals surface area contributed by atoms with Crippen molar-refractivity contribution in [2.24, 2.45) is 0 Å². The molecule has 1 aromatic carbocycles. The maximum absolute atomic E-state index is 4.57. The number of aromatic nitrogens is 1. The summed E-state index contributed by atoms with van der Waals surface area (Å²) in [4.78, 5) is 6.88. The molecule has 1 aromatic heterocycles. The molecule has 0 bridgehead atoms. The zero-order valence-corrected chi connectivity index (χ0v) is 12.1. The van der Waals surface area contributed by atoms with Gasteiger partial charge in [0.05, 0.1) is 5.52 Å². The molecular weight excluding hydrogens is 234 g/mol. The van der Waals surface area contributed by atoms with Gasteiger partial charge in [-0.05, 0) is 38.2 Å². The summed E-state index contributed by atoms with van der Waals surface area (Å²) in [5, 5.41) is 4.77. The Morgan fingerprint density at radius 2 is 2.05 bits per heavy atom. The lowest BCUT2D eigenvalue weighted by Crippen LogP contribution is -2.28. The van der Waals surface area contributed by atoms with Crippen LogP contribution in [0.2, 0.25) is 0 Å². The lowest BCUT2D eigenvalue weighted by Gasteiger charge is -2.14. The van der Waals surface area contributed by atoms with E-state index in [9.17, 15) is 0 Å². The van der Waals surface area contributed by atoms with E-state index in [1.807, 2.05) is 6.07 Å². The summed E-state index contributed by atoms with van der Waals surface area (Å²) in [6.07, 6.45) is 0. The molecule has 1 heterocycles. The SMILES string of the molecule is CCN(C)CCNCc1cc(C)nc2ccccc12. The third-order valence-corrected chi connectivity index (χ3v) is 3.46. The van der Waals surface area contributed by atoms with Gasteiger partial charge in [0.15, 0.2) is 0 Å². The molecule has 0 aliphatic carbocycles. The van der Waals surface area contributed by atoms with Gasteiger partial charge in [-0.15, -0.1) is 0 Å². The van der Waals surface area contributed by atoms with E-state index >= 15 is 0 Å². The molecule has 3 heteroatoms. The Hall–Kier alpha value is -1.45. The molecular formula is C16H23N3. The average Bonchev–Trinajstić information content (AvgIpc) is 2.42. The molecule has 0 radical (unpaired) electrons. The van der Waals surface area contributed by atoms with Crippen molar-refractivity contribution in [2.45, 2.75) is 20.4 Å². The quantitative estimate of drug-likeness (QED) is 0.806. The van der Waals surface area contributed by atoms with Crippen molar-refractivity contribution in [3.05, 3.63) is 41.6 Å². The van der Waals surface area contributed by atoms with Crippen molar-refractivity contribution in [2.75, 3.05) is 26.7 Å². The van der Waals surface area contributed by atoms with E-state index < -0.39 is 0 Å². The smallest absolute Gasteiger partial charge is 0.0708 e. The van der Waals surface area contributed by atoms with Gasteiger partial charge < -0.3 is 10.2 Å². The van der Waals surface area contributed by atoms with Gasteiger partial charge >= 0.3 is 0 Å². The van der Waals surface area contributed by atoms with Gasteiger partial charge in [-0.3, -0.25) is 4.98 Å². The summed E-state index contributed by atoms with van der Waals surface area (Å²) >= 11 is 0. The van der Waals surface area contributed by atoms with Crippen LogP contribution < -0.4 is 5.32 Å².